The normalized spacial score (nSPS) is 13.8. The molecule has 1 aromatic heterocycles. The number of rotatable bonds is 7. The van der Waals surface area contributed by atoms with Crippen LogP contribution in [0.4, 0.5) is 0 Å². The standard InChI is InChI=1S/C12H19NO4S/c1-4-10(5-2)9(3)13-18(15,16)12-7-6-11(8-14)17-12/h6-10,13H,4-5H2,1-3H3. The van der Waals surface area contributed by atoms with Gasteiger partial charge in [-0.3, -0.25) is 4.79 Å². The molecule has 1 atom stereocenters. The maximum absolute atomic E-state index is 12.0. The number of carbonyl (C=O) groups excluding carboxylic acids is 1. The lowest BCUT2D eigenvalue weighted by Crippen LogP contribution is -2.37. The summed E-state index contributed by atoms with van der Waals surface area (Å²) in [4.78, 5) is 10.5. The Hall–Kier alpha value is -1.14. The van der Waals surface area contributed by atoms with Crippen molar-refractivity contribution in [3.8, 4) is 0 Å². The van der Waals surface area contributed by atoms with E-state index in [-0.39, 0.29) is 22.8 Å². The average molecular weight is 273 g/mol. The molecule has 0 amide bonds. The zero-order chi connectivity index (χ0) is 13.8. The third-order valence-corrected chi connectivity index (χ3v) is 4.51. The maximum Gasteiger partial charge on any atom is 0.274 e. The molecule has 1 heterocycles. The Morgan fingerprint density at radius 2 is 1.94 bits per heavy atom. The largest absolute Gasteiger partial charge is 0.440 e. The van der Waals surface area contributed by atoms with Crippen LogP contribution < -0.4 is 4.72 Å². The molecule has 0 bridgehead atoms. The molecule has 1 rings (SSSR count). The summed E-state index contributed by atoms with van der Waals surface area (Å²) in [7, 11) is -3.69. The highest BCUT2D eigenvalue weighted by Crippen LogP contribution is 2.17. The number of carbonyl (C=O) groups is 1. The van der Waals surface area contributed by atoms with Crippen molar-refractivity contribution >= 4 is 16.3 Å². The van der Waals surface area contributed by atoms with E-state index in [2.05, 4.69) is 4.72 Å². The van der Waals surface area contributed by atoms with Crippen molar-refractivity contribution in [3.05, 3.63) is 17.9 Å². The molecule has 1 N–H and O–H groups in total. The summed E-state index contributed by atoms with van der Waals surface area (Å²) in [5, 5.41) is -0.220. The first-order chi connectivity index (χ1) is 8.44. The highest BCUT2D eigenvalue weighted by atomic mass is 32.2. The van der Waals surface area contributed by atoms with E-state index in [1.165, 1.54) is 12.1 Å². The molecule has 5 nitrogen and oxygen atoms in total. The van der Waals surface area contributed by atoms with Gasteiger partial charge in [0, 0.05) is 6.04 Å². The first-order valence-corrected chi connectivity index (χ1v) is 7.50. The number of aldehydes is 1. The van der Waals surface area contributed by atoms with Crippen molar-refractivity contribution in [2.75, 3.05) is 0 Å². The van der Waals surface area contributed by atoms with Gasteiger partial charge in [0.15, 0.2) is 12.0 Å². The molecule has 102 valence electrons. The summed E-state index contributed by atoms with van der Waals surface area (Å²) in [5.74, 6) is 0.283. The van der Waals surface area contributed by atoms with Gasteiger partial charge in [-0.15, -0.1) is 0 Å². The fourth-order valence-electron chi connectivity index (χ4n) is 1.94. The third-order valence-electron chi connectivity index (χ3n) is 3.08. The van der Waals surface area contributed by atoms with Crippen LogP contribution in [-0.2, 0) is 10.0 Å². The minimum absolute atomic E-state index is 0.00515. The van der Waals surface area contributed by atoms with Crippen LogP contribution in [0.5, 0.6) is 0 Å². The van der Waals surface area contributed by atoms with Crippen molar-refractivity contribution in [1.82, 2.24) is 4.72 Å². The van der Waals surface area contributed by atoms with Crippen LogP contribution in [-0.4, -0.2) is 20.7 Å². The summed E-state index contributed by atoms with van der Waals surface area (Å²) in [6, 6.07) is 2.45. The van der Waals surface area contributed by atoms with Crippen molar-refractivity contribution in [1.29, 1.82) is 0 Å². The van der Waals surface area contributed by atoms with Crippen molar-refractivity contribution in [2.45, 2.75) is 44.7 Å². The van der Waals surface area contributed by atoms with E-state index in [9.17, 15) is 13.2 Å². The Morgan fingerprint density at radius 1 is 1.33 bits per heavy atom. The minimum Gasteiger partial charge on any atom is -0.440 e. The van der Waals surface area contributed by atoms with Gasteiger partial charge in [0.05, 0.1) is 0 Å². The lowest BCUT2D eigenvalue weighted by Gasteiger charge is -2.21. The number of hydrogen-bond donors (Lipinski definition) is 1. The Labute approximate surface area is 108 Å². The van der Waals surface area contributed by atoms with Gasteiger partial charge in [0.2, 0.25) is 5.09 Å². The quantitative estimate of drug-likeness (QED) is 0.773. The van der Waals surface area contributed by atoms with Gasteiger partial charge in [-0.1, -0.05) is 26.7 Å². The first-order valence-electron chi connectivity index (χ1n) is 6.01. The van der Waals surface area contributed by atoms with Crippen LogP contribution in [0.3, 0.4) is 0 Å². The summed E-state index contributed by atoms with van der Waals surface area (Å²) < 4.78 is 31.5. The smallest absolute Gasteiger partial charge is 0.274 e. The molecular weight excluding hydrogens is 254 g/mol. The molecule has 0 radical (unpaired) electrons. The monoisotopic (exact) mass is 273 g/mol. The number of nitrogens with one attached hydrogen (secondary N) is 1. The van der Waals surface area contributed by atoms with Gasteiger partial charge < -0.3 is 4.42 Å². The Balaban J connectivity index is 2.84. The highest BCUT2D eigenvalue weighted by molar-refractivity contribution is 7.89. The molecule has 1 aromatic rings. The SMILES string of the molecule is CCC(CC)C(C)NS(=O)(=O)c1ccc(C=O)o1. The van der Waals surface area contributed by atoms with E-state index in [1.807, 2.05) is 20.8 Å². The predicted octanol–water partition coefficient (Wildman–Crippen LogP) is 2.20. The zero-order valence-electron chi connectivity index (χ0n) is 10.8. The Bertz CT molecular complexity index is 488. The average Bonchev–Trinajstić information content (AvgIpc) is 2.79. The first kappa shape index (κ1) is 14.9. The van der Waals surface area contributed by atoms with E-state index in [1.54, 1.807) is 0 Å². The van der Waals surface area contributed by atoms with Crippen LogP contribution in [0.15, 0.2) is 21.6 Å². The number of hydrogen-bond acceptors (Lipinski definition) is 4. The van der Waals surface area contributed by atoms with E-state index < -0.39 is 10.0 Å². The Kier molecular flexibility index (Phi) is 5.10. The number of furan rings is 1. The topological polar surface area (TPSA) is 76.4 Å². The fraction of sp³-hybridized carbons (Fsp3) is 0.583. The molecule has 6 heteroatoms. The minimum atomic E-state index is -3.69. The molecule has 0 fully saturated rings. The van der Waals surface area contributed by atoms with Gasteiger partial charge in [-0.2, -0.15) is 0 Å². The summed E-state index contributed by atoms with van der Waals surface area (Å²) in [6.45, 7) is 5.88. The third kappa shape index (κ3) is 3.43. The predicted molar refractivity (Wildman–Crippen MR) is 68.0 cm³/mol. The lowest BCUT2D eigenvalue weighted by atomic mass is 9.96. The maximum atomic E-state index is 12.0. The van der Waals surface area contributed by atoms with E-state index in [0.717, 1.165) is 12.8 Å². The molecule has 0 aliphatic heterocycles. The second-order valence-corrected chi connectivity index (χ2v) is 5.91. The molecule has 0 spiro atoms. The van der Waals surface area contributed by atoms with Crippen LogP contribution in [0.1, 0.15) is 44.2 Å². The second kappa shape index (κ2) is 6.15. The van der Waals surface area contributed by atoms with Gasteiger partial charge in [0.1, 0.15) is 0 Å². The molecule has 18 heavy (non-hydrogen) atoms. The van der Waals surface area contributed by atoms with Crippen LogP contribution in [0.2, 0.25) is 0 Å². The van der Waals surface area contributed by atoms with Crippen LogP contribution >= 0.6 is 0 Å². The van der Waals surface area contributed by atoms with Crippen molar-refractivity contribution in [2.24, 2.45) is 5.92 Å². The van der Waals surface area contributed by atoms with E-state index in [4.69, 9.17) is 4.42 Å². The van der Waals surface area contributed by atoms with Gasteiger partial charge in [0.25, 0.3) is 10.0 Å². The van der Waals surface area contributed by atoms with Gasteiger partial charge in [-0.05, 0) is 25.0 Å². The van der Waals surface area contributed by atoms with Crippen molar-refractivity contribution < 1.29 is 17.6 Å². The molecular formula is C12H19NO4S. The van der Waals surface area contributed by atoms with Crippen molar-refractivity contribution in [3.63, 3.8) is 0 Å². The van der Waals surface area contributed by atoms with E-state index >= 15 is 0 Å². The molecule has 0 aromatic carbocycles. The molecule has 0 saturated heterocycles. The lowest BCUT2D eigenvalue weighted by molar-refractivity contribution is 0.109. The molecule has 1 unspecified atom stereocenters. The zero-order valence-corrected chi connectivity index (χ0v) is 11.7. The highest BCUT2D eigenvalue weighted by Gasteiger charge is 2.24. The fourth-order valence-corrected chi connectivity index (χ4v) is 3.19. The molecule has 0 saturated carbocycles. The van der Waals surface area contributed by atoms with Crippen LogP contribution in [0.25, 0.3) is 0 Å². The Morgan fingerprint density at radius 3 is 2.39 bits per heavy atom. The summed E-state index contributed by atoms with van der Waals surface area (Å²) in [5.41, 5.74) is 0. The second-order valence-electron chi connectivity index (χ2n) is 4.26. The summed E-state index contributed by atoms with van der Waals surface area (Å²) in [6.07, 6.45) is 2.28. The van der Waals surface area contributed by atoms with Gasteiger partial charge in [-0.25, -0.2) is 13.1 Å². The molecule has 0 aliphatic carbocycles. The summed E-state index contributed by atoms with van der Waals surface area (Å²) >= 11 is 0. The molecule has 0 aliphatic rings. The van der Waals surface area contributed by atoms with Crippen LogP contribution in [0, 0.1) is 5.92 Å². The number of sulfonamides is 1. The van der Waals surface area contributed by atoms with E-state index in [0.29, 0.717) is 6.29 Å². The van der Waals surface area contributed by atoms with Gasteiger partial charge >= 0.3 is 0 Å².